The van der Waals surface area contributed by atoms with Crippen molar-refractivity contribution in [3.63, 3.8) is 0 Å². The second kappa shape index (κ2) is 7.46. The first kappa shape index (κ1) is 17.1. The van der Waals surface area contributed by atoms with Gasteiger partial charge >= 0.3 is 6.03 Å². The number of aromatic nitrogens is 2. The lowest BCUT2D eigenvalue weighted by atomic mass is 10.0. The molecule has 0 radical (unpaired) electrons. The number of nitrogens with zero attached hydrogens (tertiary/aromatic N) is 3. The Balaban J connectivity index is 1.78. The number of rotatable bonds is 6. The molecule has 0 bridgehead atoms. The molecule has 2 heterocycles. The van der Waals surface area contributed by atoms with Crippen LogP contribution in [0.4, 0.5) is 4.79 Å². The molecule has 0 aliphatic rings. The third-order valence-corrected chi connectivity index (χ3v) is 4.18. The topological polar surface area (TPSA) is 73.4 Å². The van der Waals surface area contributed by atoms with Crippen molar-refractivity contribution in [3.8, 4) is 11.1 Å². The first-order chi connectivity index (χ1) is 12.1. The highest BCUT2D eigenvalue weighted by molar-refractivity contribution is 5.90. The molecule has 0 saturated heterocycles. The summed E-state index contributed by atoms with van der Waals surface area (Å²) in [5.74, 6) is 0. The Bertz CT molecular complexity index is 871. The van der Waals surface area contributed by atoms with Gasteiger partial charge in [-0.1, -0.05) is 24.3 Å². The molecule has 2 aromatic heterocycles. The minimum atomic E-state index is -0.530. The van der Waals surface area contributed by atoms with Crippen LogP contribution in [0.25, 0.3) is 22.2 Å². The number of benzene rings is 1. The predicted molar refractivity (Wildman–Crippen MR) is 98.4 cm³/mol. The van der Waals surface area contributed by atoms with E-state index in [1.165, 1.54) is 10.1 Å². The smallest absolute Gasteiger partial charge is 0.324 e. The molecule has 0 aliphatic heterocycles. The van der Waals surface area contributed by atoms with Gasteiger partial charge in [0.15, 0.2) is 0 Å². The molecule has 3 rings (SSSR count). The Morgan fingerprint density at radius 1 is 1.24 bits per heavy atom. The Labute approximate surface area is 146 Å². The van der Waals surface area contributed by atoms with Gasteiger partial charge in [-0.05, 0) is 30.3 Å². The zero-order chi connectivity index (χ0) is 17.8. The van der Waals surface area contributed by atoms with Crippen molar-refractivity contribution in [2.75, 3.05) is 27.3 Å². The molecule has 0 aliphatic carbocycles. The van der Waals surface area contributed by atoms with Gasteiger partial charge < -0.3 is 10.5 Å². The van der Waals surface area contributed by atoms with Crippen LogP contribution in [0.3, 0.4) is 0 Å². The minimum absolute atomic E-state index is 0.530. The summed E-state index contributed by atoms with van der Waals surface area (Å²) in [6.07, 6.45) is 3.41. The summed E-state index contributed by atoms with van der Waals surface area (Å²) in [4.78, 5) is 18.0. The van der Waals surface area contributed by atoms with Gasteiger partial charge in [-0.3, -0.25) is 9.47 Å². The van der Waals surface area contributed by atoms with Crippen LogP contribution in [0.5, 0.6) is 0 Å². The van der Waals surface area contributed by atoms with Gasteiger partial charge in [0.1, 0.15) is 5.65 Å². The molecule has 0 saturated carbocycles. The van der Waals surface area contributed by atoms with Gasteiger partial charge in [0.25, 0.3) is 0 Å². The summed E-state index contributed by atoms with van der Waals surface area (Å²) in [5, 5.41) is 0.889. The van der Waals surface area contributed by atoms with E-state index in [0.717, 1.165) is 36.2 Å². The van der Waals surface area contributed by atoms with E-state index in [4.69, 9.17) is 10.5 Å². The van der Waals surface area contributed by atoms with Crippen LogP contribution < -0.4 is 5.73 Å². The van der Waals surface area contributed by atoms with Crippen molar-refractivity contribution in [1.82, 2.24) is 14.5 Å². The number of carbonyl (C=O) groups excluding carboxylic acids is 1. The fourth-order valence-corrected chi connectivity index (χ4v) is 2.80. The number of hydrogen-bond donors (Lipinski definition) is 1. The Kier molecular flexibility index (Phi) is 5.11. The molecule has 130 valence electrons. The molecule has 0 unspecified atom stereocenters. The number of methoxy groups -OCH3 is 1. The molecule has 0 atom stereocenters. The number of ether oxygens (including phenoxy) is 1. The largest absolute Gasteiger partial charge is 0.383 e. The van der Waals surface area contributed by atoms with Crippen molar-refractivity contribution >= 4 is 17.1 Å². The van der Waals surface area contributed by atoms with E-state index < -0.39 is 6.03 Å². The van der Waals surface area contributed by atoms with Crippen LogP contribution in [0.1, 0.15) is 5.56 Å². The van der Waals surface area contributed by atoms with Gasteiger partial charge in [0.05, 0.1) is 6.61 Å². The maximum absolute atomic E-state index is 11.4. The van der Waals surface area contributed by atoms with E-state index in [-0.39, 0.29) is 0 Å². The predicted octanol–water partition coefficient (Wildman–Crippen LogP) is 2.71. The molecular formula is C19H22N4O2. The number of hydrogen-bond acceptors (Lipinski definition) is 4. The molecule has 6 heteroatoms. The van der Waals surface area contributed by atoms with Gasteiger partial charge in [-0.25, -0.2) is 9.78 Å². The normalized spacial score (nSPS) is 11.3. The van der Waals surface area contributed by atoms with Crippen molar-refractivity contribution < 1.29 is 9.53 Å². The van der Waals surface area contributed by atoms with E-state index in [9.17, 15) is 4.79 Å². The van der Waals surface area contributed by atoms with Crippen molar-refractivity contribution in [2.24, 2.45) is 5.73 Å². The van der Waals surface area contributed by atoms with Crippen LogP contribution in [0, 0.1) is 0 Å². The zero-order valence-electron chi connectivity index (χ0n) is 14.5. The number of pyridine rings is 1. The van der Waals surface area contributed by atoms with Crippen molar-refractivity contribution in [1.29, 1.82) is 0 Å². The first-order valence-electron chi connectivity index (χ1n) is 8.12. The Hall–Kier alpha value is -2.70. The second-order valence-corrected chi connectivity index (χ2v) is 6.09. The number of fused-ring (bicyclic) bond motifs is 1. The monoisotopic (exact) mass is 338 g/mol. The highest BCUT2D eigenvalue weighted by atomic mass is 16.5. The SMILES string of the molecule is COCCN(C)Cc1ccc(-c2cnc3c(ccn3C(N)=O)c2)cc1. The fourth-order valence-electron chi connectivity index (χ4n) is 2.80. The average molecular weight is 338 g/mol. The van der Waals surface area contributed by atoms with Gasteiger partial charge in [0, 0.05) is 43.5 Å². The van der Waals surface area contributed by atoms with Crippen LogP contribution in [0.2, 0.25) is 0 Å². The summed E-state index contributed by atoms with van der Waals surface area (Å²) in [7, 11) is 3.79. The molecular weight excluding hydrogens is 316 g/mol. The van der Waals surface area contributed by atoms with Crippen molar-refractivity contribution in [2.45, 2.75) is 6.54 Å². The number of nitrogens with two attached hydrogens (primary N) is 1. The summed E-state index contributed by atoms with van der Waals surface area (Å²) >= 11 is 0. The lowest BCUT2D eigenvalue weighted by Gasteiger charge is -2.16. The number of likely N-dealkylation sites (N-methyl/N-ethyl adjacent to an activating group) is 1. The molecule has 3 aromatic rings. The Morgan fingerprint density at radius 3 is 2.68 bits per heavy atom. The third-order valence-electron chi connectivity index (χ3n) is 4.18. The fraction of sp³-hybridized carbons (Fsp3) is 0.263. The summed E-state index contributed by atoms with van der Waals surface area (Å²) in [6, 6.07) is 11.8. The molecule has 6 nitrogen and oxygen atoms in total. The maximum Gasteiger partial charge on any atom is 0.324 e. The lowest BCUT2D eigenvalue weighted by molar-refractivity contribution is 0.158. The first-order valence-corrected chi connectivity index (χ1v) is 8.12. The van der Waals surface area contributed by atoms with Crippen LogP contribution in [0.15, 0.2) is 48.8 Å². The molecule has 0 fully saturated rings. The maximum atomic E-state index is 11.4. The second-order valence-electron chi connectivity index (χ2n) is 6.09. The molecule has 25 heavy (non-hydrogen) atoms. The number of amides is 1. The summed E-state index contributed by atoms with van der Waals surface area (Å²) in [6.45, 7) is 2.50. The van der Waals surface area contributed by atoms with Gasteiger partial charge in [-0.2, -0.15) is 0 Å². The quantitative estimate of drug-likeness (QED) is 0.750. The zero-order valence-corrected chi connectivity index (χ0v) is 14.5. The highest BCUT2D eigenvalue weighted by Crippen LogP contribution is 2.24. The highest BCUT2D eigenvalue weighted by Gasteiger charge is 2.08. The van der Waals surface area contributed by atoms with Crippen molar-refractivity contribution in [3.05, 3.63) is 54.4 Å². The number of primary amides is 1. The van der Waals surface area contributed by atoms with E-state index in [2.05, 4.69) is 41.2 Å². The van der Waals surface area contributed by atoms with E-state index in [0.29, 0.717) is 5.65 Å². The standard InChI is InChI=1S/C19H22N4O2/c1-22(9-10-25-2)13-14-3-5-15(6-4-14)17-11-16-7-8-23(19(20)24)18(16)21-12-17/h3-8,11-12H,9-10,13H2,1-2H3,(H2,20,24). The average Bonchev–Trinajstić information content (AvgIpc) is 3.04. The van der Waals surface area contributed by atoms with E-state index in [1.54, 1.807) is 19.5 Å². The van der Waals surface area contributed by atoms with Crippen LogP contribution in [-0.2, 0) is 11.3 Å². The summed E-state index contributed by atoms with van der Waals surface area (Å²) in [5.41, 5.74) is 9.25. The van der Waals surface area contributed by atoms with E-state index in [1.807, 2.05) is 12.1 Å². The van der Waals surface area contributed by atoms with Crippen LogP contribution in [-0.4, -0.2) is 47.8 Å². The Morgan fingerprint density at radius 2 is 2.00 bits per heavy atom. The van der Waals surface area contributed by atoms with Crippen LogP contribution >= 0.6 is 0 Å². The third kappa shape index (κ3) is 3.87. The summed E-state index contributed by atoms with van der Waals surface area (Å²) < 4.78 is 6.44. The lowest BCUT2D eigenvalue weighted by Crippen LogP contribution is -2.22. The van der Waals surface area contributed by atoms with Gasteiger partial charge in [-0.15, -0.1) is 0 Å². The molecule has 0 spiro atoms. The molecule has 1 amide bonds. The minimum Gasteiger partial charge on any atom is -0.383 e. The number of carbonyl (C=O) groups is 1. The van der Waals surface area contributed by atoms with E-state index >= 15 is 0 Å². The van der Waals surface area contributed by atoms with Gasteiger partial charge in [0.2, 0.25) is 0 Å². The molecule has 2 N–H and O–H groups in total. The molecule has 1 aromatic carbocycles.